The van der Waals surface area contributed by atoms with Crippen molar-refractivity contribution in [2.24, 2.45) is 0 Å². The van der Waals surface area contributed by atoms with E-state index in [1.807, 2.05) is 19.9 Å². The molecule has 1 rings (SSSR count). The van der Waals surface area contributed by atoms with Crippen molar-refractivity contribution in [3.8, 4) is 5.88 Å². The number of ether oxygens (including phenoxy) is 1. The number of hydrogen-bond acceptors (Lipinski definition) is 3. The zero-order valence-corrected chi connectivity index (χ0v) is 11.2. The molecule has 0 radical (unpaired) electrons. The van der Waals surface area contributed by atoms with Gasteiger partial charge in [0.05, 0.1) is 13.0 Å². The van der Waals surface area contributed by atoms with Gasteiger partial charge in [0.15, 0.2) is 0 Å². The van der Waals surface area contributed by atoms with Crippen molar-refractivity contribution in [3.63, 3.8) is 0 Å². The Bertz CT molecular complexity index is 394. The lowest BCUT2D eigenvalue weighted by Gasteiger charge is -2.11. The van der Waals surface area contributed by atoms with Gasteiger partial charge in [0.2, 0.25) is 5.88 Å². The number of aromatic nitrogens is 1. The van der Waals surface area contributed by atoms with Crippen LogP contribution in [0.1, 0.15) is 31.5 Å². The first-order chi connectivity index (χ1) is 8.94. The molecule has 3 nitrogen and oxygen atoms in total. The number of rotatable bonds is 7. The fourth-order valence-electron chi connectivity index (χ4n) is 1.52. The molecular formula is C13H19F3N2O. The van der Waals surface area contributed by atoms with Gasteiger partial charge >= 0.3 is 6.18 Å². The van der Waals surface area contributed by atoms with Gasteiger partial charge in [-0.15, -0.1) is 0 Å². The summed E-state index contributed by atoms with van der Waals surface area (Å²) in [4.78, 5) is 4.16. The Labute approximate surface area is 111 Å². The number of nitrogens with one attached hydrogen (secondary N) is 1. The van der Waals surface area contributed by atoms with Crippen molar-refractivity contribution >= 4 is 0 Å². The second-order valence-electron chi connectivity index (χ2n) is 4.15. The van der Waals surface area contributed by atoms with E-state index >= 15 is 0 Å². The first kappa shape index (κ1) is 15.8. The van der Waals surface area contributed by atoms with Gasteiger partial charge in [-0.1, -0.05) is 13.8 Å². The van der Waals surface area contributed by atoms with E-state index in [9.17, 15) is 13.2 Å². The van der Waals surface area contributed by atoms with Crippen LogP contribution in [0.3, 0.4) is 0 Å². The highest BCUT2D eigenvalue weighted by Crippen LogP contribution is 2.20. The van der Waals surface area contributed by atoms with Crippen molar-refractivity contribution in [2.45, 2.75) is 39.4 Å². The van der Waals surface area contributed by atoms with Crippen LogP contribution >= 0.6 is 0 Å². The monoisotopic (exact) mass is 276 g/mol. The Balaban J connectivity index is 2.65. The van der Waals surface area contributed by atoms with E-state index in [1.165, 1.54) is 0 Å². The molecule has 1 aromatic rings. The molecule has 0 aliphatic heterocycles. The Kier molecular flexibility index (Phi) is 6.08. The topological polar surface area (TPSA) is 34.2 Å². The van der Waals surface area contributed by atoms with Crippen LogP contribution in [0.15, 0.2) is 12.1 Å². The van der Waals surface area contributed by atoms with E-state index in [4.69, 9.17) is 4.74 Å². The average molecular weight is 276 g/mol. The lowest BCUT2D eigenvalue weighted by atomic mass is 10.2. The van der Waals surface area contributed by atoms with Gasteiger partial charge < -0.3 is 10.1 Å². The molecule has 1 aromatic heterocycles. The van der Waals surface area contributed by atoms with E-state index < -0.39 is 19.2 Å². The molecule has 0 spiro atoms. The van der Waals surface area contributed by atoms with Crippen molar-refractivity contribution in [1.29, 1.82) is 0 Å². The van der Waals surface area contributed by atoms with Crippen molar-refractivity contribution in [1.82, 2.24) is 10.3 Å². The third-order valence-electron chi connectivity index (χ3n) is 2.49. The molecule has 0 atom stereocenters. The molecule has 0 aliphatic carbocycles. The number of alkyl halides is 3. The van der Waals surface area contributed by atoms with Crippen molar-refractivity contribution in [2.75, 3.05) is 13.2 Å². The number of halogens is 3. The fraction of sp³-hybridized carbons (Fsp3) is 0.615. The van der Waals surface area contributed by atoms with Crippen molar-refractivity contribution < 1.29 is 17.9 Å². The van der Waals surface area contributed by atoms with Crippen LogP contribution in [0, 0.1) is 0 Å². The quantitative estimate of drug-likeness (QED) is 0.831. The second kappa shape index (κ2) is 7.33. The summed E-state index contributed by atoms with van der Waals surface area (Å²) in [5, 5.41) is 3.16. The maximum atomic E-state index is 12.0. The minimum absolute atomic E-state index is 0.261. The van der Waals surface area contributed by atoms with E-state index in [0.29, 0.717) is 6.54 Å². The first-order valence-electron chi connectivity index (χ1n) is 6.34. The molecule has 0 unspecified atom stereocenters. The number of nitrogens with zero attached hydrogens (tertiary/aromatic N) is 1. The maximum absolute atomic E-state index is 12.0. The molecule has 0 aromatic carbocycles. The molecule has 6 heteroatoms. The molecule has 0 amide bonds. The van der Waals surface area contributed by atoms with Crippen LogP contribution in [-0.4, -0.2) is 24.3 Å². The molecule has 0 fully saturated rings. The number of aryl methyl sites for hydroxylation is 1. The highest BCUT2D eigenvalue weighted by molar-refractivity contribution is 5.25. The molecule has 0 aliphatic rings. The first-order valence-corrected chi connectivity index (χ1v) is 6.34. The molecule has 0 saturated carbocycles. The van der Waals surface area contributed by atoms with Crippen LogP contribution < -0.4 is 10.1 Å². The summed E-state index contributed by atoms with van der Waals surface area (Å²) >= 11 is 0. The van der Waals surface area contributed by atoms with Crippen LogP contribution in [0.4, 0.5) is 13.2 Å². The third kappa shape index (κ3) is 6.42. The van der Waals surface area contributed by atoms with Gasteiger partial charge in [-0.05, 0) is 24.6 Å². The van der Waals surface area contributed by atoms with Gasteiger partial charge in [-0.3, -0.25) is 0 Å². The molecule has 0 saturated heterocycles. The molecular weight excluding hydrogens is 257 g/mol. The van der Waals surface area contributed by atoms with Crippen LogP contribution in [0.25, 0.3) is 0 Å². The second-order valence-corrected chi connectivity index (χ2v) is 4.15. The van der Waals surface area contributed by atoms with Crippen LogP contribution in [-0.2, 0) is 13.0 Å². The van der Waals surface area contributed by atoms with Gasteiger partial charge in [0.1, 0.15) is 0 Å². The summed E-state index contributed by atoms with van der Waals surface area (Å²) in [6, 6.07) is 3.61. The van der Waals surface area contributed by atoms with Gasteiger partial charge in [-0.2, -0.15) is 13.2 Å². The summed E-state index contributed by atoms with van der Waals surface area (Å²) < 4.78 is 41.2. The smallest absolute Gasteiger partial charge is 0.392 e. The molecule has 1 N–H and O–H groups in total. The highest BCUT2D eigenvalue weighted by Gasteiger charge is 2.26. The Morgan fingerprint density at radius 1 is 1.26 bits per heavy atom. The Hall–Kier alpha value is -1.30. The molecule has 1 heterocycles. The summed E-state index contributed by atoms with van der Waals surface area (Å²) in [7, 11) is 0. The van der Waals surface area contributed by atoms with Crippen molar-refractivity contribution in [3.05, 3.63) is 23.4 Å². The Morgan fingerprint density at radius 2 is 2.00 bits per heavy atom. The minimum atomic E-state index is -4.20. The zero-order chi connectivity index (χ0) is 14.3. The van der Waals surface area contributed by atoms with E-state index in [1.54, 1.807) is 6.07 Å². The standard InChI is InChI=1S/C13H19F3N2O/c1-3-11-7-10(9-17-4-2)8-12(18-11)19-6-5-13(14,15)16/h7-8,17H,3-6,9H2,1-2H3. The number of pyridine rings is 1. The number of hydrogen-bond donors (Lipinski definition) is 1. The van der Waals surface area contributed by atoms with Gasteiger partial charge in [0.25, 0.3) is 0 Å². The van der Waals surface area contributed by atoms with Crippen LogP contribution in [0.2, 0.25) is 0 Å². The molecule has 108 valence electrons. The normalized spacial score (nSPS) is 11.6. The van der Waals surface area contributed by atoms with E-state index in [-0.39, 0.29) is 5.88 Å². The molecule has 0 bridgehead atoms. The predicted octanol–water partition coefficient (Wildman–Crippen LogP) is 3.08. The van der Waals surface area contributed by atoms with E-state index in [0.717, 1.165) is 24.2 Å². The lowest BCUT2D eigenvalue weighted by Crippen LogP contribution is -2.15. The fourth-order valence-corrected chi connectivity index (χ4v) is 1.52. The van der Waals surface area contributed by atoms with Gasteiger partial charge in [-0.25, -0.2) is 4.98 Å². The SMILES string of the molecule is CCNCc1cc(CC)nc(OCCC(F)(F)F)c1. The van der Waals surface area contributed by atoms with E-state index in [2.05, 4.69) is 10.3 Å². The maximum Gasteiger partial charge on any atom is 0.392 e. The summed E-state index contributed by atoms with van der Waals surface area (Å²) in [6.45, 7) is 5.02. The third-order valence-corrected chi connectivity index (χ3v) is 2.49. The summed E-state index contributed by atoms with van der Waals surface area (Å²) in [6.07, 6.45) is -4.45. The minimum Gasteiger partial charge on any atom is -0.477 e. The average Bonchev–Trinajstić information content (AvgIpc) is 2.34. The lowest BCUT2D eigenvalue weighted by molar-refractivity contribution is -0.139. The summed E-state index contributed by atoms with van der Waals surface area (Å²) in [5.74, 6) is 0.261. The largest absolute Gasteiger partial charge is 0.477 e. The van der Waals surface area contributed by atoms with Gasteiger partial charge in [0, 0.05) is 18.3 Å². The highest BCUT2D eigenvalue weighted by atomic mass is 19.4. The summed E-state index contributed by atoms with van der Waals surface area (Å²) in [5.41, 5.74) is 1.79. The van der Waals surface area contributed by atoms with Crippen LogP contribution in [0.5, 0.6) is 5.88 Å². The Morgan fingerprint density at radius 3 is 2.58 bits per heavy atom. The molecule has 19 heavy (non-hydrogen) atoms. The predicted molar refractivity (Wildman–Crippen MR) is 67.2 cm³/mol. The zero-order valence-electron chi connectivity index (χ0n) is 11.2.